The van der Waals surface area contributed by atoms with E-state index >= 15 is 0 Å². The summed E-state index contributed by atoms with van der Waals surface area (Å²) in [7, 11) is 1.56. The molecule has 0 N–H and O–H groups in total. The zero-order chi connectivity index (χ0) is 19.4. The molecule has 1 amide bonds. The quantitative estimate of drug-likeness (QED) is 0.705. The van der Waals surface area contributed by atoms with E-state index in [4.69, 9.17) is 4.74 Å². The molecule has 8 heteroatoms. The van der Waals surface area contributed by atoms with Crippen molar-refractivity contribution in [1.29, 1.82) is 0 Å². The van der Waals surface area contributed by atoms with Crippen molar-refractivity contribution in [2.75, 3.05) is 20.3 Å². The SMILES string of the molecule is COCCN(Cc1nccn1Cc1ccccc1C(F)(F)F)C(=O)C1CC1. The number of halogens is 3. The zero-order valence-corrected chi connectivity index (χ0v) is 15.1. The van der Waals surface area contributed by atoms with Crippen LogP contribution in [-0.4, -0.2) is 40.6 Å². The Kier molecular flexibility index (Phi) is 5.84. The van der Waals surface area contributed by atoms with Gasteiger partial charge < -0.3 is 14.2 Å². The minimum atomic E-state index is -4.41. The highest BCUT2D eigenvalue weighted by molar-refractivity contribution is 5.81. The van der Waals surface area contributed by atoms with Crippen LogP contribution in [0.5, 0.6) is 0 Å². The molecule has 27 heavy (non-hydrogen) atoms. The molecule has 0 atom stereocenters. The number of aromatic nitrogens is 2. The van der Waals surface area contributed by atoms with Crippen molar-refractivity contribution in [2.45, 2.75) is 32.1 Å². The molecule has 1 aliphatic carbocycles. The Hall–Kier alpha value is -2.35. The van der Waals surface area contributed by atoms with Crippen LogP contribution in [0.4, 0.5) is 13.2 Å². The lowest BCUT2D eigenvalue weighted by atomic mass is 10.1. The van der Waals surface area contributed by atoms with E-state index in [9.17, 15) is 18.0 Å². The Morgan fingerprint density at radius 2 is 2.07 bits per heavy atom. The summed E-state index contributed by atoms with van der Waals surface area (Å²) < 4.78 is 46.4. The number of benzene rings is 1. The van der Waals surface area contributed by atoms with Crippen LogP contribution in [0, 0.1) is 5.92 Å². The first-order chi connectivity index (χ1) is 12.9. The van der Waals surface area contributed by atoms with Crippen molar-refractivity contribution >= 4 is 5.91 Å². The van der Waals surface area contributed by atoms with Gasteiger partial charge in [0.25, 0.3) is 0 Å². The molecule has 3 rings (SSSR count). The van der Waals surface area contributed by atoms with Gasteiger partial charge in [0.15, 0.2) is 0 Å². The van der Waals surface area contributed by atoms with Crippen molar-refractivity contribution in [3.63, 3.8) is 0 Å². The maximum atomic E-state index is 13.2. The molecule has 1 aromatic heterocycles. The van der Waals surface area contributed by atoms with Gasteiger partial charge >= 0.3 is 6.18 Å². The first-order valence-corrected chi connectivity index (χ1v) is 8.83. The number of ether oxygens (including phenoxy) is 1. The van der Waals surface area contributed by atoms with Gasteiger partial charge in [-0.3, -0.25) is 4.79 Å². The second-order valence-electron chi connectivity index (χ2n) is 6.65. The number of carbonyl (C=O) groups excluding carboxylic acids is 1. The maximum absolute atomic E-state index is 13.2. The lowest BCUT2D eigenvalue weighted by molar-refractivity contribution is -0.138. The van der Waals surface area contributed by atoms with Crippen molar-refractivity contribution in [3.8, 4) is 0 Å². The number of carbonyl (C=O) groups is 1. The molecule has 0 aliphatic heterocycles. The summed E-state index contributed by atoms with van der Waals surface area (Å²) in [5.41, 5.74) is -0.490. The first kappa shape index (κ1) is 19.4. The normalized spacial score (nSPS) is 14.4. The average molecular weight is 381 g/mol. The van der Waals surface area contributed by atoms with Crippen LogP contribution in [0.1, 0.15) is 29.8 Å². The van der Waals surface area contributed by atoms with E-state index in [-0.39, 0.29) is 30.5 Å². The summed E-state index contributed by atoms with van der Waals surface area (Å²) in [4.78, 5) is 18.4. The smallest absolute Gasteiger partial charge is 0.383 e. The number of nitrogens with zero attached hydrogens (tertiary/aromatic N) is 3. The Balaban J connectivity index is 1.78. The molecule has 0 unspecified atom stereocenters. The third kappa shape index (κ3) is 4.88. The van der Waals surface area contributed by atoms with Crippen molar-refractivity contribution < 1.29 is 22.7 Å². The summed E-state index contributed by atoms with van der Waals surface area (Å²) in [6.07, 6.45) is 0.537. The number of alkyl halides is 3. The van der Waals surface area contributed by atoms with Crippen molar-refractivity contribution in [3.05, 3.63) is 53.6 Å². The van der Waals surface area contributed by atoms with Crippen LogP contribution in [0.25, 0.3) is 0 Å². The largest absolute Gasteiger partial charge is 0.416 e. The topological polar surface area (TPSA) is 47.4 Å². The molecule has 1 fully saturated rings. The molecule has 2 aromatic rings. The molecule has 0 bridgehead atoms. The summed E-state index contributed by atoms with van der Waals surface area (Å²) in [6, 6.07) is 5.50. The van der Waals surface area contributed by atoms with Crippen LogP contribution in [0.2, 0.25) is 0 Å². The summed E-state index contributed by atoms with van der Waals surface area (Å²) >= 11 is 0. The fourth-order valence-corrected chi connectivity index (χ4v) is 2.98. The standard InChI is InChI=1S/C19H22F3N3O2/c1-27-11-10-25(18(26)14-6-7-14)13-17-23-8-9-24(17)12-15-4-2-3-5-16(15)19(20,21)22/h2-5,8-9,14H,6-7,10-13H2,1H3. The van der Waals surface area contributed by atoms with Gasteiger partial charge in [-0.1, -0.05) is 18.2 Å². The molecular formula is C19H22F3N3O2. The number of imidazole rings is 1. The summed E-state index contributed by atoms with van der Waals surface area (Å²) in [5.74, 6) is 0.658. The van der Waals surface area contributed by atoms with Crippen LogP contribution in [0.3, 0.4) is 0 Å². The molecule has 0 saturated heterocycles. The van der Waals surface area contributed by atoms with E-state index in [1.807, 2.05) is 0 Å². The maximum Gasteiger partial charge on any atom is 0.416 e. The minimum Gasteiger partial charge on any atom is -0.383 e. The van der Waals surface area contributed by atoms with E-state index in [0.717, 1.165) is 18.9 Å². The Morgan fingerprint density at radius 1 is 1.33 bits per heavy atom. The van der Waals surface area contributed by atoms with Gasteiger partial charge in [0.1, 0.15) is 5.82 Å². The first-order valence-electron chi connectivity index (χ1n) is 8.83. The van der Waals surface area contributed by atoms with Crippen molar-refractivity contribution in [2.24, 2.45) is 5.92 Å². The second kappa shape index (κ2) is 8.12. The zero-order valence-electron chi connectivity index (χ0n) is 15.1. The average Bonchev–Trinajstić information content (AvgIpc) is 3.39. The van der Waals surface area contributed by atoms with Crippen LogP contribution in [-0.2, 0) is 28.8 Å². The molecule has 1 saturated carbocycles. The van der Waals surface area contributed by atoms with Crippen molar-refractivity contribution in [1.82, 2.24) is 14.5 Å². The summed E-state index contributed by atoms with van der Waals surface area (Å²) in [5, 5.41) is 0. The fourth-order valence-electron chi connectivity index (χ4n) is 2.98. The Labute approximate surface area is 155 Å². The Bertz CT molecular complexity index is 785. The highest BCUT2D eigenvalue weighted by atomic mass is 19.4. The van der Waals surface area contributed by atoms with E-state index in [2.05, 4.69) is 4.98 Å². The second-order valence-corrected chi connectivity index (χ2v) is 6.65. The predicted octanol–water partition coefficient (Wildman–Crippen LogP) is 3.34. The number of amides is 1. The van der Waals surface area contributed by atoms with Crippen LogP contribution in [0.15, 0.2) is 36.7 Å². The molecule has 1 heterocycles. The molecule has 1 aromatic carbocycles. The number of hydrogen-bond donors (Lipinski definition) is 0. The van der Waals surface area contributed by atoms with Gasteiger partial charge in [0, 0.05) is 38.5 Å². The number of hydrogen-bond acceptors (Lipinski definition) is 3. The van der Waals surface area contributed by atoms with Gasteiger partial charge in [0.05, 0.1) is 18.7 Å². The van der Waals surface area contributed by atoms with E-state index in [1.165, 1.54) is 12.1 Å². The van der Waals surface area contributed by atoms with Crippen LogP contribution >= 0.6 is 0 Å². The monoisotopic (exact) mass is 381 g/mol. The molecule has 146 valence electrons. The van der Waals surface area contributed by atoms with Gasteiger partial charge in [-0.15, -0.1) is 0 Å². The van der Waals surface area contributed by atoms with Gasteiger partial charge in [-0.2, -0.15) is 13.2 Å². The lowest BCUT2D eigenvalue weighted by Gasteiger charge is -2.23. The molecule has 0 spiro atoms. The lowest BCUT2D eigenvalue weighted by Crippen LogP contribution is -2.35. The predicted molar refractivity (Wildman–Crippen MR) is 92.8 cm³/mol. The van der Waals surface area contributed by atoms with E-state index < -0.39 is 11.7 Å². The third-order valence-electron chi connectivity index (χ3n) is 4.60. The van der Waals surface area contributed by atoms with E-state index in [1.54, 1.807) is 35.0 Å². The molecule has 0 radical (unpaired) electrons. The molecule has 1 aliphatic rings. The molecule has 5 nitrogen and oxygen atoms in total. The van der Waals surface area contributed by atoms with Gasteiger partial charge in [-0.05, 0) is 24.5 Å². The van der Waals surface area contributed by atoms with Gasteiger partial charge in [0.2, 0.25) is 5.91 Å². The minimum absolute atomic E-state index is 0.0424. The van der Waals surface area contributed by atoms with Gasteiger partial charge in [-0.25, -0.2) is 4.98 Å². The fraction of sp³-hybridized carbons (Fsp3) is 0.474. The Morgan fingerprint density at radius 3 is 2.74 bits per heavy atom. The highest BCUT2D eigenvalue weighted by Crippen LogP contribution is 2.33. The summed E-state index contributed by atoms with van der Waals surface area (Å²) in [6.45, 7) is 1.12. The molecular weight excluding hydrogens is 359 g/mol. The highest BCUT2D eigenvalue weighted by Gasteiger charge is 2.34. The number of methoxy groups -OCH3 is 1. The third-order valence-corrected chi connectivity index (χ3v) is 4.60. The van der Waals surface area contributed by atoms with Crippen LogP contribution < -0.4 is 0 Å². The number of rotatable bonds is 8. The van der Waals surface area contributed by atoms with E-state index in [0.29, 0.717) is 19.0 Å².